The minimum absolute atomic E-state index is 0.0382. The van der Waals surface area contributed by atoms with Crippen LogP contribution in [0.15, 0.2) is 41.4 Å². The van der Waals surface area contributed by atoms with Crippen molar-refractivity contribution >= 4 is 10.0 Å². The molecule has 1 aromatic rings. The molecular weight excluding hydrogens is 246 g/mol. The summed E-state index contributed by atoms with van der Waals surface area (Å²) in [4.78, 5) is 0.366. The number of hydrogen-bond donors (Lipinski definition) is 0. The predicted octanol–water partition coefficient (Wildman–Crippen LogP) is 2.93. The van der Waals surface area contributed by atoms with Gasteiger partial charge in [0.1, 0.15) is 0 Å². The SMILES string of the molecule is Cc1ccc(S(=O)(=O)N2C=CCC2C(C)C)cc1. The van der Waals surface area contributed by atoms with Gasteiger partial charge in [0.25, 0.3) is 10.0 Å². The first-order valence-electron chi connectivity index (χ1n) is 6.20. The van der Waals surface area contributed by atoms with Crippen LogP contribution in [0.2, 0.25) is 0 Å². The quantitative estimate of drug-likeness (QED) is 0.842. The maximum absolute atomic E-state index is 12.5. The molecule has 0 spiro atoms. The van der Waals surface area contributed by atoms with Gasteiger partial charge in [-0.05, 0) is 31.4 Å². The topological polar surface area (TPSA) is 37.4 Å². The van der Waals surface area contributed by atoms with Crippen molar-refractivity contribution in [1.82, 2.24) is 4.31 Å². The van der Waals surface area contributed by atoms with Crippen molar-refractivity contribution in [3.63, 3.8) is 0 Å². The van der Waals surface area contributed by atoms with Crippen molar-refractivity contribution < 1.29 is 8.42 Å². The van der Waals surface area contributed by atoms with Crippen LogP contribution >= 0.6 is 0 Å². The van der Waals surface area contributed by atoms with E-state index in [9.17, 15) is 8.42 Å². The Labute approximate surface area is 109 Å². The number of sulfonamides is 1. The van der Waals surface area contributed by atoms with Gasteiger partial charge in [0.2, 0.25) is 0 Å². The molecule has 0 fully saturated rings. The molecule has 0 saturated heterocycles. The van der Waals surface area contributed by atoms with Gasteiger partial charge < -0.3 is 0 Å². The molecule has 2 rings (SSSR count). The van der Waals surface area contributed by atoms with Gasteiger partial charge in [-0.3, -0.25) is 4.31 Å². The Bertz CT molecular complexity index is 544. The van der Waals surface area contributed by atoms with Gasteiger partial charge in [-0.15, -0.1) is 0 Å². The molecule has 0 bridgehead atoms. The van der Waals surface area contributed by atoms with E-state index in [-0.39, 0.29) is 6.04 Å². The fraction of sp³-hybridized carbons (Fsp3) is 0.429. The molecule has 1 unspecified atom stereocenters. The van der Waals surface area contributed by atoms with Gasteiger partial charge in [0.15, 0.2) is 0 Å². The van der Waals surface area contributed by atoms with Crippen molar-refractivity contribution in [1.29, 1.82) is 0 Å². The summed E-state index contributed by atoms with van der Waals surface area (Å²) >= 11 is 0. The molecule has 18 heavy (non-hydrogen) atoms. The average Bonchev–Trinajstić information content (AvgIpc) is 2.79. The average molecular weight is 265 g/mol. The van der Waals surface area contributed by atoms with Crippen molar-refractivity contribution in [2.75, 3.05) is 0 Å². The molecule has 3 nitrogen and oxygen atoms in total. The minimum atomic E-state index is -3.40. The van der Waals surface area contributed by atoms with Crippen LogP contribution in [0.1, 0.15) is 25.8 Å². The van der Waals surface area contributed by atoms with E-state index in [4.69, 9.17) is 0 Å². The van der Waals surface area contributed by atoms with Crippen molar-refractivity contribution in [2.24, 2.45) is 5.92 Å². The summed E-state index contributed by atoms with van der Waals surface area (Å²) in [6.07, 6.45) is 4.42. The van der Waals surface area contributed by atoms with Crippen LogP contribution < -0.4 is 0 Å². The highest BCUT2D eigenvalue weighted by Crippen LogP contribution is 2.28. The van der Waals surface area contributed by atoms with Crippen molar-refractivity contribution in [2.45, 2.75) is 38.1 Å². The Balaban J connectivity index is 2.36. The van der Waals surface area contributed by atoms with E-state index in [1.54, 1.807) is 18.3 Å². The smallest absolute Gasteiger partial charge is 0.264 e. The van der Waals surface area contributed by atoms with E-state index in [0.717, 1.165) is 12.0 Å². The van der Waals surface area contributed by atoms with Gasteiger partial charge in [-0.1, -0.05) is 37.6 Å². The first-order valence-corrected chi connectivity index (χ1v) is 7.64. The highest BCUT2D eigenvalue weighted by atomic mass is 32.2. The number of aryl methyl sites for hydroxylation is 1. The van der Waals surface area contributed by atoms with Crippen LogP contribution in [0.4, 0.5) is 0 Å². The van der Waals surface area contributed by atoms with Gasteiger partial charge in [-0.25, -0.2) is 8.42 Å². The van der Waals surface area contributed by atoms with E-state index in [1.165, 1.54) is 4.31 Å². The van der Waals surface area contributed by atoms with E-state index in [0.29, 0.717) is 10.8 Å². The molecule has 1 aliphatic heterocycles. The lowest BCUT2D eigenvalue weighted by Gasteiger charge is -2.28. The summed E-state index contributed by atoms with van der Waals surface area (Å²) in [6.45, 7) is 6.05. The Morgan fingerprint density at radius 3 is 2.39 bits per heavy atom. The lowest BCUT2D eigenvalue weighted by molar-refractivity contribution is 0.340. The van der Waals surface area contributed by atoms with Gasteiger partial charge in [0, 0.05) is 6.20 Å². The maximum atomic E-state index is 12.5. The van der Waals surface area contributed by atoms with Crippen LogP contribution in [0.25, 0.3) is 0 Å². The summed E-state index contributed by atoms with van der Waals surface area (Å²) in [5.74, 6) is 0.306. The summed E-state index contributed by atoms with van der Waals surface area (Å²) in [5, 5.41) is 0. The minimum Gasteiger partial charge on any atom is -0.270 e. The van der Waals surface area contributed by atoms with Gasteiger partial charge >= 0.3 is 0 Å². The molecule has 1 atom stereocenters. The molecule has 0 amide bonds. The lowest BCUT2D eigenvalue weighted by atomic mass is 10.0. The Morgan fingerprint density at radius 2 is 1.83 bits per heavy atom. The second-order valence-corrected chi connectivity index (χ2v) is 6.92. The first-order chi connectivity index (χ1) is 8.43. The standard InChI is InChI=1S/C14H19NO2S/c1-11(2)14-5-4-10-15(14)18(16,17)13-8-6-12(3)7-9-13/h4,6-11,14H,5H2,1-3H3. The van der Waals surface area contributed by atoms with E-state index in [1.807, 2.05) is 25.1 Å². The molecule has 1 aliphatic rings. The molecule has 0 radical (unpaired) electrons. The molecule has 1 heterocycles. The zero-order valence-corrected chi connectivity index (χ0v) is 11.8. The molecule has 0 saturated carbocycles. The molecule has 98 valence electrons. The first kappa shape index (κ1) is 13.1. The second kappa shape index (κ2) is 4.76. The summed E-state index contributed by atoms with van der Waals surface area (Å²) in [5.41, 5.74) is 1.06. The van der Waals surface area contributed by atoms with Gasteiger partial charge in [-0.2, -0.15) is 0 Å². The highest BCUT2D eigenvalue weighted by molar-refractivity contribution is 7.89. The summed E-state index contributed by atoms with van der Waals surface area (Å²) in [7, 11) is -3.40. The molecule has 0 aromatic heterocycles. The monoisotopic (exact) mass is 265 g/mol. The Kier molecular flexibility index (Phi) is 3.48. The molecule has 0 N–H and O–H groups in total. The van der Waals surface area contributed by atoms with Crippen LogP contribution in [0.5, 0.6) is 0 Å². The predicted molar refractivity (Wildman–Crippen MR) is 72.6 cm³/mol. The third kappa shape index (κ3) is 2.29. The largest absolute Gasteiger partial charge is 0.270 e. The third-order valence-corrected chi connectivity index (χ3v) is 5.14. The van der Waals surface area contributed by atoms with Gasteiger partial charge in [0.05, 0.1) is 10.9 Å². The van der Waals surface area contributed by atoms with Crippen LogP contribution in [-0.2, 0) is 10.0 Å². The molecule has 0 aliphatic carbocycles. The number of benzene rings is 1. The lowest BCUT2D eigenvalue weighted by Crippen LogP contribution is -2.36. The fourth-order valence-electron chi connectivity index (χ4n) is 2.17. The van der Waals surface area contributed by atoms with Crippen molar-refractivity contribution in [3.05, 3.63) is 42.1 Å². The molecule has 4 heteroatoms. The number of hydrogen-bond acceptors (Lipinski definition) is 2. The zero-order chi connectivity index (χ0) is 13.3. The van der Waals surface area contributed by atoms with Crippen LogP contribution in [0.3, 0.4) is 0 Å². The zero-order valence-electron chi connectivity index (χ0n) is 11.0. The van der Waals surface area contributed by atoms with E-state index < -0.39 is 10.0 Å². The van der Waals surface area contributed by atoms with E-state index >= 15 is 0 Å². The Morgan fingerprint density at radius 1 is 1.22 bits per heavy atom. The third-order valence-electron chi connectivity index (χ3n) is 3.32. The normalized spacial score (nSPS) is 19.8. The molecule has 1 aromatic carbocycles. The van der Waals surface area contributed by atoms with E-state index in [2.05, 4.69) is 13.8 Å². The second-order valence-electron chi connectivity index (χ2n) is 5.08. The highest BCUT2D eigenvalue weighted by Gasteiger charge is 2.32. The van der Waals surface area contributed by atoms with Crippen molar-refractivity contribution in [3.8, 4) is 0 Å². The van der Waals surface area contributed by atoms with Crippen LogP contribution in [0, 0.1) is 12.8 Å². The Hall–Kier alpha value is -1.29. The maximum Gasteiger partial charge on any atom is 0.264 e. The number of nitrogens with zero attached hydrogens (tertiary/aromatic N) is 1. The molecular formula is C14H19NO2S. The van der Waals surface area contributed by atoms with Crippen LogP contribution in [-0.4, -0.2) is 18.8 Å². The summed E-state index contributed by atoms with van der Waals surface area (Å²) < 4.78 is 26.6. The fourth-order valence-corrected chi connectivity index (χ4v) is 3.83. The number of rotatable bonds is 3. The summed E-state index contributed by atoms with van der Waals surface area (Å²) in [6, 6.07) is 7.05.